The Labute approximate surface area is 163 Å². The van der Waals surface area contributed by atoms with Crippen molar-refractivity contribution in [2.75, 3.05) is 6.61 Å². The largest absolute Gasteiger partial charge is 0.489 e. The molecule has 8 heteroatoms. The van der Waals surface area contributed by atoms with E-state index >= 15 is 0 Å². The predicted molar refractivity (Wildman–Crippen MR) is 106 cm³/mol. The molecule has 0 aliphatic carbocycles. The summed E-state index contributed by atoms with van der Waals surface area (Å²) in [6.07, 6.45) is 5.39. The first-order valence-corrected chi connectivity index (χ1v) is 9.63. The van der Waals surface area contributed by atoms with Gasteiger partial charge in [0, 0.05) is 24.1 Å². The lowest BCUT2D eigenvalue weighted by Gasteiger charge is -2.17. The molecule has 28 heavy (non-hydrogen) atoms. The lowest BCUT2D eigenvalue weighted by atomic mass is 10.1. The molecule has 0 saturated heterocycles. The normalized spacial score (nSPS) is 10.8. The van der Waals surface area contributed by atoms with Gasteiger partial charge in [-0.05, 0) is 18.9 Å². The minimum atomic E-state index is -0.525. The average Bonchev–Trinajstić information content (AvgIpc) is 2.69. The Balaban J connectivity index is 2.65. The zero-order chi connectivity index (χ0) is 20.5. The highest BCUT2D eigenvalue weighted by Gasteiger charge is 2.21. The Morgan fingerprint density at radius 1 is 1.11 bits per heavy atom. The van der Waals surface area contributed by atoms with Gasteiger partial charge in [-0.2, -0.15) is 0 Å². The SMILES string of the molecule is CCCCCCn1c(=O)c(OC=O)c(OCCCC)c2ccc([N+](=O)[O-])cc21. The van der Waals surface area contributed by atoms with Gasteiger partial charge >= 0.3 is 0 Å². The van der Waals surface area contributed by atoms with Crippen molar-refractivity contribution in [2.24, 2.45) is 0 Å². The number of non-ortho nitro benzene ring substituents is 1. The van der Waals surface area contributed by atoms with Crippen LogP contribution in [-0.2, 0) is 11.3 Å². The highest BCUT2D eigenvalue weighted by molar-refractivity contribution is 5.90. The molecule has 1 aromatic heterocycles. The predicted octanol–water partition coefficient (Wildman–Crippen LogP) is 4.20. The fraction of sp³-hybridized carbons (Fsp3) is 0.500. The van der Waals surface area contributed by atoms with Crippen LogP contribution >= 0.6 is 0 Å². The van der Waals surface area contributed by atoms with E-state index in [-0.39, 0.29) is 23.7 Å². The Bertz CT molecular complexity index is 890. The molecule has 0 radical (unpaired) electrons. The van der Waals surface area contributed by atoms with E-state index in [4.69, 9.17) is 9.47 Å². The summed E-state index contributed by atoms with van der Waals surface area (Å²) < 4.78 is 12.2. The van der Waals surface area contributed by atoms with Crippen LogP contribution < -0.4 is 15.0 Å². The molecule has 0 aliphatic heterocycles. The van der Waals surface area contributed by atoms with Gasteiger partial charge in [-0.25, -0.2) is 0 Å². The van der Waals surface area contributed by atoms with Crippen LogP contribution in [0.3, 0.4) is 0 Å². The zero-order valence-corrected chi connectivity index (χ0v) is 16.3. The fourth-order valence-corrected chi connectivity index (χ4v) is 3.03. The summed E-state index contributed by atoms with van der Waals surface area (Å²) in [6, 6.07) is 4.26. The van der Waals surface area contributed by atoms with Crippen LogP contribution in [-0.4, -0.2) is 22.6 Å². The van der Waals surface area contributed by atoms with Crippen LogP contribution in [0.5, 0.6) is 11.5 Å². The number of hydrogen-bond donors (Lipinski definition) is 0. The number of carbonyl (C=O) groups is 1. The second-order valence-corrected chi connectivity index (χ2v) is 6.55. The Morgan fingerprint density at radius 3 is 2.50 bits per heavy atom. The number of hydrogen-bond acceptors (Lipinski definition) is 6. The van der Waals surface area contributed by atoms with E-state index in [2.05, 4.69) is 6.92 Å². The molecule has 0 saturated carbocycles. The molecule has 0 amide bonds. The van der Waals surface area contributed by atoms with Crippen molar-refractivity contribution in [1.29, 1.82) is 0 Å². The highest BCUT2D eigenvalue weighted by Crippen LogP contribution is 2.34. The number of pyridine rings is 1. The monoisotopic (exact) mass is 390 g/mol. The van der Waals surface area contributed by atoms with E-state index < -0.39 is 10.5 Å². The second kappa shape index (κ2) is 10.4. The number of benzene rings is 1. The molecule has 1 heterocycles. The van der Waals surface area contributed by atoms with E-state index in [1.807, 2.05) is 6.92 Å². The number of unbranched alkanes of at least 4 members (excludes halogenated alkanes) is 4. The summed E-state index contributed by atoms with van der Waals surface area (Å²) in [5.74, 6) is -0.0248. The molecule has 0 fully saturated rings. The molecule has 2 rings (SSSR count). The van der Waals surface area contributed by atoms with E-state index in [1.54, 1.807) is 0 Å². The van der Waals surface area contributed by atoms with Gasteiger partial charge in [-0.3, -0.25) is 19.7 Å². The molecule has 2 aromatic rings. The Kier molecular flexibility index (Phi) is 7.98. The van der Waals surface area contributed by atoms with Gasteiger partial charge in [0.05, 0.1) is 17.0 Å². The van der Waals surface area contributed by atoms with Crippen molar-refractivity contribution in [3.8, 4) is 11.5 Å². The van der Waals surface area contributed by atoms with E-state index in [1.165, 1.54) is 22.8 Å². The maximum absolute atomic E-state index is 13.0. The number of carbonyl (C=O) groups excluding carboxylic acids is 1. The van der Waals surface area contributed by atoms with Gasteiger partial charge in [-0.15, -0.1) is 0 Å². The number of nitro groups is 1. The molecule has 0 bridgehead atoms. The third-order valence-electron chi connectivity index (χ3n) is 4.52. The van der Waals surface area contributed by atoms with Gasteiger partial charge in [0.25, 0.3) is 17.7 Å². The molecule has 1 aromatic carbocycles. The van der Waals surface area contributed by atoms with Crippen LogP contribution in [0, 0.1) is 10.1 Å². The number of aryl methyl sites for hydroxylation is 1. The summed E-state index contributed by atoms with van der Waals surface area (Å²) in [7, 11) is 0. The Hall–Kier alpha value is -2.90. The third kappa shape index (κ3) is 4.88. The summed E-state index contributed by atoms with van der Waals surface area (Å²) in [5.41, 5.74) is -0.235. The van der Waals surface area contributed by atoms with Crippen LogP contribution in [0.15, 0.2) is 23.0 Å². The lowest BCUT2D eigenvalue weighted by molar-refractivity contribution is -0.384. The topological polar surface area (TPSA) is 101 Å². The molecule has 0 aliphatic rings. The molecule has 0 spiro atoms. The van der Waals surface area contributed by atoms with Gasteiger partial charge in [-0.1, -0.05) is 39.5 Å². The summed E-state index contributed by atoms with van der Waals surface area (Å²) in [5, 5.41) is 11.7. The number of nitro benzene ring substituents is 1. The Morgan fingerprint density at radius 2 is 1.86 bits per heavy atom. The smallest absolute Gasteiger partial charge is 0.298 e. The van der Waals surface area contributed by atoms with Gasteiger partial charge in [0.2, 0.25) is 5.75 Å². The summed E-state index contributed by atoms with van der Waals surface area (Å²) in [4.78, 5) is 34.7. The molecule has 0 N–H and O–H groups in total. The second-order valence-electron chi connectivity index (χ2n) is 6.55. The number of nitrogens with zero attached hydrogens (tertiary/aromatic N) is 2. The van der Waals surface area contributed by atoms with E-state index in [0.717, 1.165) is 38.5 Å². The fourth-order valence-electron chi connectivity index (χ4n) is 3.03. The van der Waals surface area contributed by atoms with Gasteiger partial charge in [0.1, 0.15) is 0 Å². The lowest BCUT2D eigenvalue weighted by Crippen LogP contribution is -2.24. The molecule has 8 nitrogen and oxygen atoms in total. The van der Waals surface area contributed by atoms with Crippen molar-refractivity contribution < 1.29 is 19.2 Å². The number of ether oxygens (including phenoxy) is 2. The highest BCUT2D eigenvalue weighted by atomic mass is 16.6. The molecule has 152 valence electrons. The first-order chi connectivity index (χ1) is 13.5. The standard InChI is InChI=1S/C20H26N2O6/c1-3-5-7-8-11-21-17-13-15(22(25)26)9-10-16(17)18(27-12-6-4-2)19(20(21)24)28-14-23/h9-10,13-14H,3-8,11-12H2,1-2H3. The van der Waals surface area contributed by atoms with Crippen molar-refractivity contribution >= 4 is 23.1 Å². The molecule has 0 unspecified atom stereocenters. The quantitative estimate of drug-likeness (QED) is 0.233. The van der Waals surface area contributed by atoms with Crippen molar-refractivity contribution in [3.05, 3.63) is 38.7 Å². The van der Waals surface area contributed by atoms with Crippen molar-refractivity contribution in [1.82, 2.24) is 4.57 Å². The minimum absolute atomic E-state index is 0.113. The summed E-state index contributed by atoms with van der Waals surface area (Å²) >= 11 is 0. The first kappa shape index (κ1) is 21.4. The van der Waals surface area contributed by atoms with Crippen LogP contribution in [0.2, 0.25) is 0 Å². The van der Waals surface area contributed by atoms with Crippen LogP contribution in [0.4, 0.5) is 5.69 Å². The maximum Gasteiger partial charge on any atom is 0.298 e. The molecule has 0 atom stereocenters. The van der Waals surface area contributed by atoms with E-state index in [0.29, 0.717) is 24.1 Å². The van der Waals surface area contributed by atoms with Crippen LogP contribution in [0.1, 0.15) is 52.4 Å². The minimum Gasteiger partial charge on any atom is -0.489 e. The van der Waals surface area contributed by atoms with Gasteiger partial charge < -0.3 is 14.0 Å². The van der Waals surface area contributed by atoms with Crippen molar-refractivity contribution in [3.63, 3.8) is 0 Å². The van der Waals surface area contributed by atoms with Gasteiger partial charge in [0.15, 0.2) is 5.75 Å². The first-order valence-electron chi connectivity index (χ1n) is 9.63. The third-order valence-corrected chi connectivity index (χ3v) is 4.52. The van der Waals surface area contributed by atoms with Crippen LogP contribution in [0.25, 0.3) is 10.9 Å². The number of aromatic nitrogens is 1. The van der Waals surface area contributed by atoms with E-state index in [9.17, 15) is 19.7 Å². The zero-order valence-electron chi connectivity index (χ0n) is 16.3. The summed E-state index contributed by atoms with van der Waals surface area (Å²) in [6.45, 7) is 5.01. The number of fused-ring (bicyclic) bond motifs is 1. The molecular weight excluding hydrogens is 364 g/mol. The maximum atomic E-state index is 13.0. The number of rotatable bonds is 12. The molecular formula is C20H26N2O6. The van der Waals surface area contributed by atoms with Crippen molar-refractivity contribution in [2.45, 2.75) is 58.9 Å². The average molecular weight is 390 g/mol.